The Morgan fingerprint density at radius 1 is 1.13 bits per heavy atom. The van der Waals surface area contributed by atoms with Crippen molar-refractivity contribution in [2.24, 2.45) is 5.92 Å². The maximum atomic E-state index is 12.9. The number of aromatic nitrogens is 1. The summed E-state index contributed by atoms with van der Waals surface area (Å²) >= 11 is 1.61. The molecule has 7 heteroatoms. The lowest BCUT2D eigenvalue weighted by Gasteiger charge is -2.32. The van der Waals surface area contributed by atoms with Crippen LogP contribution >= 0.6 is 11.3 Å². The van der Waals surface area contributed by atoms with E-state index in [1.54, 1.807) is 11.3 Å². The molecule has 3 aromatic rings. The summed E-state index contributed by atoms with van der Waals surface area (Å²) in [6.07, 6.45) is 1.66. The summed E-state index contributed by atoms with van der Waals surface area (Å²) in [5.74, 6) is -0.128. The second kappa shape index (κ2) is 9.47. The first-order chi connectivity index (χ1) is 15.0. The van der Waals surface area contributed by atoms with Crippen molar-refractivity contribution in [1.82, 2.24) is 15.2 Å². The molecule has 1 fully saturated rings. The van der Waals surface area contributed by atoms with Crippen molar-refractivity contribution in [3.05, 3.63) is 59.2 Å². The van der Waals surface area contributed by atoms with E-state index in [2.05, 4.69) is 21.7 Å². The van der Waals surface area contributed by atoms with Gasteiger partial charge < -0.3 is 15.5 Å². The van der Waals surface area contributed by atoms with Gasteiger partial charge in [-0.15, -0.1) is 0 Å². The van der Waals surface area contributed by atoms with Crippen molar-refractivity contribution < 1.29 is 9.59 Å². The van der Waals surface area contributed by atoms with Crippen molar-refractivity contribution in [3.8, 4) is 0 Å². The first-order valence-corrected chi connectivity index (χ1v) is 11.6. The molecule has 2 amide bonds. The summed E-state index contributed by atoms with van der Waals surface area (Å²) in [4.78, 5) is 32.0. The minimum atomic E-state index is -0.161. The Hall–Kier alpha value is -2.93. The molecule has 0 saturated carbocycles. The molecule has 2 heterocycles. The smallest absolute Gasteiger partial charge is 0.253 e. The van der Waals surface area contributed by atoms with Crippen molar-refractivity contribution in [1.29, 1.82) is 0 Å². The molecule has 1 saturated heterocycles. The predicted octanol–water partition coefficient (Wildman–Crippen LogP) is 3.99. The monoisotopic (exact) mass is 436 g/mol. The van der Waals surface area contributed by atoms with Crippen LogP contribution < -0.4 is 10.6 Å². The number of benzene rings is 2. The number of anilines is 1. The summed E-state index contributed by atoms with van der Waals surface area (Å²) in [5.41, 5.74) is 3.85. The molecule has 2 aromatic carbocycles. The number of hydrogen-bond acceptors (Lipinski definition) is 5. The van der Waals surface area contributed by atoms with Crippen LogP contribution in [0.1, 0.15) is 34.3 Å². The molecule has 1 unspecified atom stereocenters. The van der Waals surface area contributed by atoms with E-state index in [9.17, 15) is 9.59 Å². The lowest BCUT2D eigenvalue weighted by atomic mass is 9.96. The average molecular weight is 437 g/mol. The fraction of sp³-hybridized carbons (Fsp3) is 0.375. The van der Waals surface area contributed by atoms with E-state index in [0.29, 0.717) is 31.7 Å². The van der Waals surface area contributed by atoms with E-state index in [0.717, 1.165) is 39.3 Å². The largest absolute Gasteiger partial charge is 0.360 e. The number of para-hydroxylation sites is 1. The van der Waals surface area contributed by atoms with Crippen LogP contribution in [0.25, 0.3) is 10.2 Å². The van der Waals surface area contributed by atoms with Gasteiger partial charge in [-0.25, -0.2) is 4.98 Å². The number of likely N-dealkylation sites (tertiary alicyclic amines) is 1. The van der Waals surface area contributed by atoms with Gasteiger partial charge in [0.2, 0.25) is 5.91 Å². The summed E-state index contributed by atoms with van der Waals surface area (Å²) in [7, 11) is 0. The number of fused-ring (bicyclic) bond motifs is 1. The van der Waals surface area contributed by atoms with Crippen LogP contribution in [0.2, 0.25) is 0 Å². The second-order valence-corrected chi connectivity index (χ2v) is 9.20. The molecule has 1 aliphatic heterocycles. The average Bonchev–Trinajstić information content (AvgIpc) is 3.18. The Labute approximate surface area is 186 Å². The molecule has 1 aromatic heterocycles. The standard InChI is InChI=1S/C24H28N4O2S/c1-16-12-17(2)14-19(13-16)23(30)28-11-5-6-18(15-28)22(29)25-9-10-26-24-27-20-7-3-4-8-21(20)31-24/h3-4,7-8,12-14,18H,5-6,9-11,15H2,1-2H3,(H,25,29)(H,26,27). The van der Waals surface area contributed by atoms with Crippen LogP contribution in [-0.2, 0) is 4.79 Å². The Balaban J connectivity index is 1.26. The van der Waals surface area contributed by atoms with Crippen LogP contribution in [0, 0.1) is 19.8 Å². The molecule has 31 heavy (non-hydrogen) atoms. The van der Waals surface area contributed by atoms with Gasteiger partial charge in [0.05, 0.1) is 16.1 Å². The molecule has 4 rings (SSSR count). The van der Waals surface area contributed by atoms with Gasteiger partial charge >= 0.3 is 0 Å². The van der Waals surface area contributed by atoms with Crippen LogP contribution in [0.3, 0.4) is 0 Å². The third-order valence-electron chi connectivity index (χ3n) is 5.54. The van der Waals surface area contributed by atoms with Gasteiger partial charge in [0, 0.05) is 31.7 Å². The van der Waals surface area contributed by atoms with Gasteiger partial charge in [0.25, 0.3) is 5.91 Å². The molecule has 0 bridgehead atoms. The molecule has 2 N–H and O–H groups in total. The number of nitrogens with zero attached hydrogens (tertiary/aromatic N) is 2. The van der Waals surface area contributed by atoms with Crippen molar-refractivity contribution in [2.45, 2.75) is 26.7 Å². The number of nitrogens with one attached hydrogen (secondary N) is 2. The number of thiazole rings is 1. The fourth-order valence-electron chi connectivity index (χ4n) is 4.10. The summed E-state index contributed by atoms with van der Waals surface area (Å²) in [6.45, 7) is 6.31. The third-order valence-corrected chi connectivity index (χ3v) is 6.54. The minimum Gasteiger partial charge on any atom is -0.360 e. The molecule has 0 radical (unpaired) electrons. The summed E-state index contributed by atoms with van der Waals surface area (Å²) in [5, 5.41) is 7.15. The van der Waals surface area contributed by atoms with Gasteiger partial charge in [0.1, 0.15) is 0 Å². The number of amides is 2. The number of hydrogen-bond donors (Lipinski definition) is 2. The molecular formula is C24H28N4O2S. The molecule has 0 spiro atoms. The van der Waals surface area contributed by atoms with E-state index in [4.69, 9.17) is 0 Å². The highest BCUT2D eigenvalue weighted by Gasteiger charge is 2.28. The maximum Gasteiger partial charge on any atom is 0.253 e. The Morgan fingerprint density at radius 2 is 1.90 bits per heavy atom. The topological polar surface area (TPSA) is 74.3 Å². The molecule has 1 atom stereocenters. The quantitative estimate of drug-likeness (QED) is 0.573. The van der Waals surface area contributed by atoms with Crippen molar-refractivity contribution >= 4 is 38.5 Å². The minimum absolute atomic E-state index is 0.0156. The highest BCUT2D eigenvalue weighted by Crippen LogP contribution is 2.25. The van der Waals surface area contributed by atoms with Crippen molar-refractivity contribution in [3.63, 3.8) is 0 Å². The Bertz CT molecular complexity index is 1040. The zero-order valence-corrected chi connectivity index (χ0v) is 18.8. The SMILES string of the molecule is Cc1cc(C)cc(C(=O)N2CCCC(C(=O)NCCNc3nc4ccccc4s3)C2)c1. The van der Waals surface area contributed by atoms with Gasteiger partial charge in [-0.3, -0.25) is 9.59 Å². The van der Waals surface area contributed by atoms with Crippen LogP contribution in [-0.4, -0.2) is 47.9 Å². The maximum absolute atomic E-state index is 12.9. The lowest BCUT2D eigenvalue weighted by Crippen LogP contribution is -2.46. The van der Waals surface area contributed by atoms with E-state index in [1.807, 2.05) is 55.1 Å². The second-order valence-electron chi connectivity index (χ2n) is 8.17. The Morgan fingerprint density at radius 3 is 2.68 bits per heavy atom. The predicted molar refractivity (Wildman–Crippen MR) is 126 cm³/mol. The van der Waals surface area contributed by atoms with Crippen LogP contribution in [0.5, 0.6) is 0 Å². The van der Waals surface area contributed by atoms with Gasteiger partial charge in [-0.2, -0.15) is 0 Å². The third kappa shape index (κ3) is 5.22. The van der Waals surface area contributed by atoms with E-state index < -0.39 is 0 Å². The number of carbonyl (C=O) groups is 2. The normalized spacial score (nSPS) is 16.3. The molecule has 1 aliphatic rings. The number of piperidine rings is 1. The molecule has 162 valence electrons. The van der Waals surface area contributed by atoms with Crippen molar-refractivity contribution in [2.75, 3.05) is 31.5 Å². The summed E-state index contributed by atoms with van der Waals surface area (Å²) in [6, 6.07) is 13.9. The van der Waals surface area contributed by atoms with E-state index >= 15 is 0 Å². The van der Waals surface area contributed by atoms with Crippen LogP contribution in [0.15, 0.2) is 42.5 Å². The van der Waals surface area contributed by atoms with Crippen LogP contribution in [0.4, 0.5) is 5.13 Å². The highest BCUT2D eigenvalue weighted by molar-refractivity contribution is 7.22. The number of aryl methyl sites for hydroxylation is 2. The highest BCUT2D eigenvalue weighted by atomic mass is 32.1. The fourth-order valence-corrected chi connectivity index (χ4v) is 5.00. The first kappa shape index (κ1) is 21.3. The molecule has 6 nitrogen and oxygen atoms in total. The van der Waals surface area contributed by atoms with Gasteiger partial charge in [0.15, 0.2) is 5.13 Å². The number of carbonyl (C=O) groups excluding carboxylic acids is 2. The molecular weight excluding hydrogens is 408 g/mol. The van der Waals surface area contributed by atoms with Gasteiger partial charge in [-0.05, 0) is 51.0 Å². The summed E-state index contributed by atoms with van der Waals surface area (Å²) < 4.78 is 1.14. The van der Waals surface area contributed by atoms with E-state index in [1.165, 1.54) is 0 Å². The van der Waals surface area contributed by atoms with Gasteiger partial charge in [-0.1, -0.05) is 40.7 Å². The zero-order chi connectivity index (χ0) is 21.8. The Kier molecular flexibility index (Phi) is 6.51. The molecule has 0 aliphatic carbocycles. The lowest BCUT2D eigenvalue weighted by molar-refractivity contribution is -0.126. The number of rotatable bonds is 6. The zero-order valence-electron chi connectivity index (χ0n) is 18.0. The first-order valence-electron chi connectivity index (χ1n) is 10.7. The van der Waals surface area contributed by atoms with E-state index in [-0.39, 0.29) is 17.7 Å².